The normalized spacial score (nSPS) is 17.4. The fourth-order valence-corrected chi connectivity index (χ4v) is 1.43. The summed E-state index contributed by atoms with van der Waals surface area (Å²) in [5, 5.41) is 0. The number of carbonyl (C=O) groups is 1. The van der Waals surface area contributed by atoms with E-state index in [2.05, 4.69) is 6.26 Å². The number of rotatable bonds is 3. The van der Waals surface area contributed by atoms with E-state index in [4.69, 9.17) is 0 Å². The molecule has 67 valence electrons. The van der Waals surface area contributed by atoms with E-state index >= 15 is 0 Å². The Morgan fingerprint density at radius 3 is 2.67 bits per heavy atom. The van der Waals surface area contributed by atoms with Gasteiger partial charge in [-0.1, -0.05) is 6.08 Å². The molecule has 1 rings (SSSR count). The number of sulfone groups is 1. The summed E-state index contributed by atoms with van der Waals surface area (Å²) in [5.74, 6) is -0.195. The largest absolute Gasteiger partial charge is 0.334 e. The Bertz CT molecular complexity index is 305. The number of hydrogen-bond donors (Lipinski definition) is 0. The Hall–Kier alpha value is -0.840. The maximum Gasteiger partial charge on any atom is 0.246 e. The monoisotopic (exact) mass is 188 g/mol. The summed E-state index contributed by atoms with van der Waals surface area (Å²) in [5.41, 5.74) is 0. The van der Waals surface area contributed by atoms with Crippen LogP contribution in [0.25, 0.3) is 0 Å². The van der Waals surface area contributed by atoms with Crippen molar-refractivity contribution in [3.05, 3.63) is 18.4 Å². The molecule has 0 aromatic heterocycles. The van der Waals surface area contributed by atoms with Crippen molar-refractivity contribution in [3.8, 4) is 0 Å². The maximum atomic E-state index is 10.9. The molecule has 0 saturated carbocycles. The number of hydrogen-bond acceptors (Lipinski definition) is 3. The molecule has 12 heavy (non-hydrogen) atoms. The lowest BCUT2D eigenvalue weighted by molar-refractivity contribution is -0.124. The van der Waals surface area contributed by atoms with Crippen LogP contribution in [-0.2, 0) is 14.6 Å². The van der Waals surface area contributed by atoms with E-state index in [1.54, 1.807) is 6.08 Å². The predicted molar refractivity (Wildman–Crippen MR) is 44.9 cm³/mol. The van der Waals surface area contributed by atoms with Gasteiger partial charge >= 0.3 is 0 Å². The Kier molecular flexibility index (Phi) is 2.52. The molecule has 1 aliphatic rings. The van der Waals surface area contributed by atoms with Crippen LogP contribution < -0.4 is 0 Å². The van der Waals surface area contributed by atoms with Gasteiger partial charge in [-0.2, -0.15) is 0 Å². The van der Waals surface area contributed by atoms with Crippen LogP contribution in [0.3, 0.4) is 0 Å². The second-order valence-electron chi connectivity index (χ2n) is 2.63. The molecule has 0 bridgehead atoms. The standard InChI is InChI=1S/C7H10NO3S/c1-12(10,11)6-5-8-4-2-3-7(8)9/h2-3H,1,4-6H2. The van der Waals surface area contributed by atoms with E-state index in [9.17, 15) is 13.2 Å². The number of amides is 1. The second kappa shape index (κ2) is 3.26. The minimum atomic E-state index is -3.21. The topological polar surface area (TPSA) is 54.5 Å². The van der Waals surface area contributed by atoms with Crippen LogP contribution in [0.5, 0.6) is 0 Å². The SMILES string of the molecule is [CH2]S(=O)(=O)CCN1CC=CC1=O. The van der Waals surface area contributed by atoms with Gasteiger partial charge in [0.2, 0.25) is 5.91 Å². The Morgan fingerprint density at radius 2 is 2.25 bits per heavy atom. The molecule has 0 unspecified atom stereocenters. The second-order valence-corrected chi connectivity index (χ2v) is 4.53. The third-order valence-electron chi connectivity index (χ3n) is 1.57. The van der Waals surface area contributed by atoms with Gasteiger partial charge in [0.05, 0.1) is 12.0 Å². The van der Waals surface area contributed by atoms with Crippen LogP contribution in [0.1, 0.15) is 0 Å². The molecule has 1 heterocycles. The molecule has 0 aromatic rings. The number of carbonyl (C=O) groups excluding carboxylic acids is 1. The van der Waals surface area contributed by atoms with Crippen LogP contribution >= 0.6 is 0 Å². The van der Waals surface area contributed by atoms with Crippen LogP contribution in [0.15, 0.2) is 12.2 Å². The van der Waals surface area contributed by atoms with Gasteiger partial charge in [0, 0.05) is 19.2 Å². The summed E-state index contributed by atoms with van der Waals surface area (Å²) < 4.78 is 21.3. The molecule has 1 aliphatic heterocycles. The summed E-state index contributed by atoms with van der Waals surface area (Å²) in [7, 11) is -3.21. The first kappa shape index (κ1) is 9.25. The highest BCUT2D eigenvalue weighted by Gasteiger charge is 2.15. The molecule has 1 radical (unpaired) electrons. The van der Waals surface area contributed by atoms with Crippen molar-refractivity contribution >= 4 is 15.7 Å². The highest BCUT2D eigenvalue weighted by atomic mass is 32.2. The van der Waals surface area contributed by atoms with E-state index in [1.165, 1.54) is 11.0 Å². The van der Waals surface area contributed by atoms with Gasteiger partial charge in [-0.05, 0) is 0 Å². The first-order valence-corrected chi connectivity index (χ1v) is 5.32. The molecular weight excluding hydrogens is 178 g/mol. The van der Waals surface area contributed by atoms with Crippen LogP contribution in [0.2, 0.25) is 0 Å². The molecule has 0 aliphatic carbocycles. The van der Waals surface area contributed by atoms with Crippen molar-refractivity contribution in [1.29, 1.82) is 0 Å². The summed E-state index contributed by atoms with van der Waals surface area (Å²) in [4.78, 5) is 12.4. The summed E-state index contributed by atoms with van der Waals surface area (Å²) in [6, 6.07) is 0. The first-order valence-electron chi connectivity index (χ1n) is 3.50. The Balaban J connectivity index is 2.40. The molecule has 0 spiro atoms. The summed E-state index contributed by atoms with van der Waals surface area (Å²) in [6.07, 6.45) is 6.12. The lowest BCUT2D eigenvalue weighted by Gasteiger charge is -2.13. The Morgan fingerprint density at radius 1 is 1.58 bits per heavy atom. The van der Waals surface area contributed by atoms with E-state index in [1.807, 2.05) is 0 Å². The average Bonchev–Trinajstić information content (AvgIpc) is 2.29. The molecule has 0 fully saturated rings. The van der Waals surface area contributed by atoms with Crippen molar-refractivity contribution in [1.82, 2.24) is 4.90 Å². The zero-order chi connectivity index (χ0) is 9.19. The van der Waals surface area contributed by atoms with Crippen molar-refractivity contribution < 1.29 is 13.2 Å². The van der Waals surface area contributed by atoms with Gasteiger partial charge in [-0.15, -0.1) is 0 Å². The molecule has 0 saturated heterocycles. The highest BCUT2D eigenvalue weighted by molar-refractivity contribution is 7.92. The van der Waals surface area contributed by atoms with Crippen molar-refractivity contribution in [3.63, 3.8) is 0 Å². The molecule has 0 N–H and O–H groups in total. The lowest BCUT2D eigenvalue weighted by atomic mass is 10.5. The van der Waals surface area contributed by atoms with Crippen molar-refractivity contribution in [2.24, 2.45) is 0 Å². The van der Waals surface area contributed by atoms with E-state index in [-0.39, 0.29) is 18.2 Å². The smallest absolute Gasteiger partial charge is 0.246 e. The van der Waals surface area contributed by atoms with E-state index < -0.39 is 9.84 Å². The minimum Gasteiger partial charge on any atom is -0.334 e. The molecule has 4 nitrogen and oxygen atoms in total. The summed E-state index contributed by atoms with van der Waals surface area (Å²) in [6.45, 7) is 0.742. The van der Waals surface area contributed by atoms with Gasteiger partial charge in [0.1, 0.15) is 0 Å². The quantitative estimate of drug-likeness (QED) is 0.605. The fourth-order valence-electron chi connectivity index (χ4n) is 0.927. The highest BCUT2D eigenvalue weighted by Crippen LogP contribution is 2.01. The lowest BCUT2D eigenvalue weighted by Crippen LogP contribution is -2.30. The summed E-state index contributed by atoms with van der Waals surface area (Å²) >= 11 is 0. The maximum absolute atomic E-state index is 10.9. The fraction of sp³-hybridized carbons (Fsp3) is 0.429. The van der Waals surface area contributed by atoms with Gasteiger partial charge in [0.25, 0.3) is 0 Å². The van der Waals surface area contributed by atoms with E-state index in [0.29, 0.717) is 6.54 Å². The molecule has 1 amide bonds. The zero-order valence-corrected chi connectivity index (χ0v) is 7.38. The Labute approximate surface area is 71.8 Å². The average molecular weight is 188 g/mol. The predicted octanol–water partition coefficient (Wildman–Crippen LogP) is -0.409. The third-order valence-corrected chi connectivity index (χ3v) is 2.37. The van der Waals surface area contributed by atoms with Crippen LogP contribution in [0.4, 0.5) is 0 Å². The number of nitrogens with zero attached hydrogens (tertiary/aromatic N) is 1. The van der Waals surface area contributed by atoms with Crippen LogP contribution in [-0.4, -0.2) is 38.1 Å². The minimum absolute atomic E-state index is 0.0690. The molecular formula is C7H10NO3S. The molecule has 0 atom stereocenters. The van der Waals surface area contributed by atoms with E-state index in [0.717, 1.165) is 0 Å². The van der Waals surface area contributed by atoms with Gasteiger partial charge in [0.15, 0.2) is 9.84 Å². The van der Waals surface area contributed by atoms with Gasteiger partial charge in [-0.3, -0.25) is 4.79 Å². The third kappa shape index (κ3) is 2.65. The van der Waals surface area contributed by atoms with Crippen molar-refractivity contribution in [2.75, 3.05) is 18.8 Å². The van der Waals surface area contributed by atoms with Gasteiger partial charge in [-0.25, -0.2) is 8.42 Å². The molecule has 0 aromatic carbocycles. The zero-order valence-electron chi connectivity index (χ0n) is 6.56. The first-order chi connectivity index (χ1) is 5.49. The van der Waals surface area contributed by atoms with Crippen molar-refractivity contribution in [2.45, 2.75) is 0 Å². The van der Waals surface area contributed by atoms with Gasteiger partial charge < -0.3 is 4.90 Å². The molecule has 5 heteroatoms. The van der Waals surface area contributed by atoms with Crippen LogP contribution in [0, 0.1) is 6.26 Å².